The summed E-state index contributed by atoms with van der Waals surface area (Å²) in [6.07, 6.45) is 3.62. The zero-order valence-electron chi connectivity index (χ0n) is 8.32. The second-order valence-corrected chi connectivity index (χ2v) is 2.99. The molecule has 74 valence electrons. The molecule has 1 aliphatic rings. The summed E-state index contributed by atoms with van der Waals surface area (Å²) < 4.78 is 0. The molecule has 0 aromatic heterocycles. The fourth-order valence-corrected chi connectivity index (χ4v) is 1.53. The van der Waals surface area contributed by atoms with Crippen LogP contribution in [0.1, 0.15) is 39.5 Å². The summed E-state index contributed by atoms with van der Waals surface area (Å²) in [5, 5.41) is 19.5. The lowest BCUT2D eigenvalue weighted by Gasteiger charge is -2.30. The molecule has 0 bridgehead atoms. The molecule has 2 unspecified atom stereocenters. The van der Waals surface area contributed by atoms with Crippen molar-refractivity contribution in [2.75, 3.05) is 7.05 Å². The fraction of sp³-hybridized carbons (Fsp3) is 1.00. The lowest BCUT2D eigenvalue weighted by molar-refractivity contribution is -0.144. The van der Waals surface area contributed by atoms with Gasteiger partial charge in [-0.3, -0.25) is 0 Å². The van der Waals surface area contributed by atoms with Gasteiger partial charge in [-0.25, -0.2) is 0 Å². The number of rotatable bonds is 1. The van der Waals surface area contributed by atoms with Gasteiger partial charge in [-0.1, -0.05) is 26.7 Å². The third kappa shape index (κ3) is 3.52. The Morgan fingerprint density at radius 1 is 1.17 bits per heavy atom. The number of hydrogen-bond donors (Lipinski definition) is 2. The zero-order valence-corrected chi connectivity index (χ0v) is 8.32. The quantitative estimate of drug-likeness (QED) is 0.595. The van der Waals surface area contributed by atoms with Gasteiger partial charge < -0.3 is 10.3 Å². The van der Waals surface area contributed by atoms with E-state index in [1.165, 1.54) is 0 Å². The molecule has 0 saturated heterocycles. The van der Waals surface area contributed by atoms with Crippen molar-refractivity contribution in [2.24, 2.45) is 0 Å². The number of nitrogens with zero attached hydrogens (tertiary/aromatic N) is 1. The molecule has 1 rings (SSSR count). The van der Waals surface area contributed by atoms with Crippen LogP contribution in [0.2, 0.25) is 0 Å². The van der Waals surface area contributed by atoms with Crippen LogP contribution in [0.3, 0.4) is 0 Å². The third-order valence-electron chi connectivity index (χ3n) is 2.17. The summed E-state index contributed by atoms with van der Waals surface area (Å²) in [5.41, 5.74) is 0. The second-order valence-electron chi connectivity index (χ2n) is 2.99. The highest BCUT2D eigenvalue weighted by molar-refractivity contribution is 4.77. The minimum Gasteiger partial charge on any atom is -0.391 e. The maximum atomic E-state index is 9.34. The molecule has 1 aliphatic carbocycles. The molecule has 0 amide bonds. The first-order chi connectivity index (χ1) is 5.72. The van der Waals surface area contributed by atoms with Crippen LogP contribution in [-0.4, -0.2) is 34.6 Å². The molecule has 0 spiro atoms. The Hall–Kier alpha value is -0.120. The van der Waals surface area contributed by atoms with E-state index >= 15 is 0 Å². The van der Waals surface area contributed by atoms with Gasteiger partial charge in [0.05, 0.1) is 12.1 Å². The van der Waals surface area contributed by atoms with Crippen LogP contribution in [0.4, 0.5) is 0 Å². The van der Waals surface area contributed by atoms with E-state index in [0.717, 1.165) is 30.7 Å². The molecule has 0 aliphatic heterocycles. The highest BCUT2D eigenvalue weighted by atomic mass is 16.5. The number of likely N-dealkylation sites (N-methyl/N-ethyl adjacent to an activating group) is 1. The van der Waals surface area contributed by atoms with Gasteiger partial charge in [0, 0.05) is 7.05 Å². The highest BCUT2D eigenvalue weighted by Crippen LogP contribution is 2.20. The zero-order chi connectivity index (χ0) is 9.56. The van der Waals surface area contributed by atoms with E-state index in [4.69, 9.17) is 5.21 Å². The van der Waals surface area contributed by atoms with E-state index in [-0.39, 0.29) is 12.1 Å². The smallest absolute Gasteiger partial charge is 0.0718 e. The summed E-state index contributed by atoms with van der Waals surface area (Å²) in [6.45, 7) is 4.00. The van der Waals surface area contributed by atoms with Crippen LogP contribution < -0.4 is 0 Å². The van der Waals surface area contributed by atoms with Crippen molar-refractivity contribution in [1.29, 1.82) is 0 Å². The largest absolute Gasteiger partial charge is 0.391 e. The Balaban J connectivity index is 0.000000561. The molecular weight excluding hydrogens is 154 g/mol. The molecule has 1 fully saturated rings. The molecule has 12 heavy (non-hydrogen) atoms. The van der Waals surface area contributed by atoms with Crippen molar-refractivity contribution < 1.29 is 10.3 Å². The van der Waals surface area contributed by atoms with Gasteiger partial charge in [0.25, 0.3) is 0 Å². The number of aliphatic hydroxyl groups is 1. The second kappa shape index (κ2) is 6.40. The molecule has 0 aromatic rings. The maximum absolute atomic E-state index is 9.34. The molecule has 3 nitrogen and oxygen atoms in total. The third-order valence-corrected chi connectivity index (χ3v) is 2.17. The van der Waals surface area contributed by atoms with Gasteiger partial charge in [0.2, 0.25) is 0 Å². The molecule has 0 aromatic carbocycles. The summed E-state index contributed by atoms with van der Waals surface area (Å²) in [5.74, 6) is 0. The first kappa shape index (κ1) is 11.9. The SMILES string of the molecule is CC.CN(O)C1CCCCC1O. The standard InChI is InChI=1S/C7H15NO2.C2H6/c1-8(10)6-4-2-3-5-7(6)9;1-2/h6-7,9-10H,2-5H2,1H3;1-2H3. The van der Waals surface area contributed by atoms with Crippen molar-refractivity contribution in [1.82, 2.24) is 5.06 Å². The van der Waals surface area contributed by atoms with Gasteiger partial charge in [-0.15, -0.1) is 0 Å². The summed E-state index contributed by atoms with van der Waals surface area (Å²) >= 11 is 0. The minimum absolute atomic E-state index is 0.0336. The predicted molar refractivity (Wildman–Crippen MR) is 49.2 cm³/mol. The maximum Gasteiger partial charge on any atom is 0.0718 e. The first-order valence-electron chi connectivity index (χ1n) is 4.81. The normalized spacial score (nSPS) is 29.5. The van der Waals surface area contributed by atoms with E-state index in [9.17, 15) is 5.11 Å². The van der Waals surface area contributed by atoms with Gasteiger partial charge in [0.15, 0.2) is 0 Å². The van der Waals surface area contributed by atoms with Crippen molar-refractivity contribution in [3.8, 4) is 0 Å². The van der Waals surface area contributed by atoms with Crippen LogP contribution in [0.25, 0.3) is 0 Å². The van der Waals surface area contributed by atoms with E-state index in [0.29, 0.717) is 0 Å². The lowest BCUT2D eigenvalue weighted by atomic mass is 9.93. The molecule has 3 heteroatoms. The molecule has 2 N–H and O–H groups in total. The first-order valence-corrected chi connectivity index (χ1v) is 4.81. The lowest BCUT2D eigenvalue weighted by Crippen LogP contribution is -2.41. The van der Waals surface area contributed by atoms with Crippen molar-refractivity contribution in [3.05, 3.63) is 0 Å². The van der Waals surface area contributed by atoms with Gasteiger partial charge in [-0.2, -0.15) is 5.06 Å². The molecule has 1 saturated carbocycles. The summed E-state index contributed by atoms with van der Waals surface area (Å²) in [7, 11) is 1.60. The average molecular weight is 175 g/mol. The van der Waals surface area contributed by atoms with E-state index in [2.05, 4.69) is 0 Å². The van der Waals surface area contributed by atoms with Gasteiger partial charge >= 0.3 is 0 Å². The summed E-state index contributed by atoms with van der Waals surface area (Å²) in [4.78, 5) is 0. The Kier molecular flexibility index (Phi) is 6.34. The topological polar surface area (TPSA) is 43.7 Å². The van der Waals surface area contributed by atoms with Crippen molar-refractivity contribution in [3.63, 3.8) is 0 Å². The van der Waals surface area contributed by atoms with Crippen molar-refractivity contribution in [2.45, 2.75) is 51.7 Å². The Morgan fingerprint density at radius 3 is 2.00 bits per heavy atom. The van der Waals surface area contributed by atoms with E-state index in [1.54, 1.807) is 7.05 Å². The number of hydroxylamine groups is 2. The summed E-state index contributed by atoms with van der Waals surface area (Å²) in [6, 6.07) is -0.0336. The average Bonchev–Trinajstić information content (AvgIpc) is 2.08. The van der Waals surface area contributed by atoms with Crippen LogP contribution >= 0.6 is 0 Å². The number of aliphatic hydroxyl groups excluding tert-OH is 1. The molecular formula is C9H21NO2. The van der Waals surface area contributed by atoms with E-state index in [1.807, 2.05) is 13.8 Å². The number of hydrogen-bond acceptors (Lipinski definition) is 3. The predicted octanol–water partition coefficient (Wildman–Crippen LogP) is 1.64. The Morgan fingerprint density at radius 2 is 1.67 bits per heavy atom. The van der Waals surface area contributed by atoms with E-state index < -0.39 is 0 Å². The monoisotopic (exact) mass is 175 g/mol. The molecule has 0 radical (unpaired) electrons. The Labute approximate surface area is 75.0 Å². The van der Waals surface area contributed by atoms with Gasteiger partial charge in [0.1, 0.15) is 0 Å². The molecule has 0 heterocycles. The van der Waals surface area contributed by atoms with Crippen LogP contribution in [0.15, 0.2) is 0 Å². The highest BCUT2D eigenvalue weighted by Gasteiger charge is 2.25. The van der Waals surface area contributed by atoms with Gasteiger partial charge in [-0.05, 0) is 12.8 Å². The van der Waals surface area contributed by atoms with Crippen LogP contribution in [0.5, 0.6) is 0 Å². The Bertz CT molecular complexity index is 107. The van der Waals surface area contributed by atoms with Crippen LogP contribution in [0, 0.1) is 0 Å². The molecule has 2 atom stereocenters. The van der Waals surface area contributed by atoms with Crippen LogP contribution in [-0.2, 0) is 0 Å². The minimum atomic E-state index is -0.330. The van der Waals surface area contributed by atoms with Crippen molar-refractivity contribution >= 4 is 0 Å². The fourth-order valence-electron chi connectivity index (χ4n) is 1.53.